The van der Waals surface area contributed by atoms with E-state index in [-0.39, 0.29) is 6.03 Å². The highest BCUT2D eigenvalue weighted by Gasteiger charge is 2.22. The van der Waals surface area contributed by atoms with Gasteiger partial charge in [-0.25, -0.2) is 14.5 Å². The van der Waals surface area contributed by atoms with Gasteiger partial charge in [-0.1, -0.05) is 30.3 Å². The molecule has 0 spiro atoms. The van der Waals surface area contributed by atoms with E-state index in [9.17, 15) is 4.79 Å². The predicted molar refractivity (Wildman–Crippen MR) is 115 cm³/mol. The molecule has 0 saturated carbocycles. The molecule has 0 aliphatic carbocycles. The topological polar surface area (TPSA) is 75.5 Å². The number of hydrogen-bond donors (Lipinski definition) is 1. The van der Waals surface area contributed by atoms with Gasteiger partial charge in [0.25, 0.3) is 0 Å². The van der Waals surface area contributed by atoms with Crippen molar-refractivity contribution in [3.05, 3.63) is 66.2 Å². The van der Waals surface area contributed by atoms with E-state index < -0.39 is 0 Å². The van der Waals surface area contributed by atoms with Crippen LogP contribution >= 0.6 is 0 Å². The largest absolute Gasteiger partial charge is 0.494 e. The first-order valence-electron chi connectivity index (χ1n) is 10.0. The third kappa shape index (κ3) is 4.37. The molecule has 0 atom stereocenters. The number of anilines is 1. The summed E-state index contributed by atoms with van der Waals surface area (Å²) in [5.41, 5.74) is 3.01. The molecule has 1 aliphatic heterocycles. The van der Waals surface area contributed by atoms with Crippen LogP contribution in [0.3, 0.4) is 0 Å². The minimum Gasteiger partial charge on any atom is -0.494 e. The Morgan fingerprint density at radius 3 is 2.53 bits per heavy atom. The molecule has 2 heterocycles. The molecule has 8 heteroatoms. The number of aryl methyl sites for hydroxylation is 1. The lowest BCUT2D eigenvalue weighted by molar-refractivity contribution is 0.194. The van der Waals surface area contributed by atoms with E-state index in [0.717, 1.165) is 35.8 Å². The number of ether oxygens (including phenoxy) is 1. The molecule has 3 aromatic rings. The fourth-order valence-electron chi connectivity index (χ4n) is 3.57. The Morgan fingerprint density at radius 1 is 1.10 bits per heavy atom. The number of hydrogen-bond acceptors (Lipinski definition) is 5. The molecule has 0 radical (unpaired) electrons. The molecule has 1 aliphatic rings. The van der Waals surface area contributed by atoms with E-state index in [1.807, 2.05) is 54.3 Å². The zero-order valence-electron chi connectivity index (χ0n) is 17.3. The van der Waals surface area contributed by atoms with Gasteiger partial charge in [0.2, 0.25) is 0 Å². The van der Waals surface area contributed by atoms with Crippen LogP contribution in [0.4, 0.5) is 10.5 Å². The quantitative estimate of drug-likeness (QED) is 0.705. The molecule has 0 unspecified atom stereocenters. The standard InChI is InChI=1S/C22H26N6O2/c1-17-24-16-28(25-17)20-9-8-19(14-21(20)30-2)26-10-12-27(13-11-26)22(29)23-15-18-6-4-3-5-7-18/h3-9,14,16H,10-13,15H2,1-2H3,(H,23,29). The maximum Gasteiger partial charge on any atom is 0.317 e. The molecule has 1 aromatic heterocycles. The molecule has 1 fully saturated rings. The molecular formula is C22H26N6O2. The van der Waals surface area contributed by atoms with Gasteiger partial charge in [-0.2, -0.15) is 5.10 Å². The van der Waals surface area contributed by atoms with Crippen molar-refractivity contribution in [3.63, 3.8) is 0 Å². The average molecular weight is 406 g/mol. The van der Waals surface area contributed by atoms with Crippen molar-refractivity contribution in [2.45, 2.75) is 13.5 Å². The van der Waals surface area contributed by atoms with Gasteiger partial charge in [-0.3, -0.25) is 0 Å². The van der Waals surface area contributed by atoms with E-state index in [1.165, 1.54) is 0 Å². The maximum absolute atomic E-state index is 12.5. The van der Waals surface area contributed by atoms with Crippen LogP contribution < -0.4 is 15.0 Å². The summed E-state index contributed by atoms with van der Waals surface area (Å²) in [5, 5.41) is 7.36. The van der Waals surface area contributed by atoms with E-state index in [4.69, 9.17) is 4.74 Å². The number of nitrogens with one attached hydrogen (secondary N) is 1. The molecule has 2 aromatic carbocycles. The van der Waals surface area contributed by atoms with Gasteiger partial charge in [0.1, 0.15) is 23.6 Å². The van der Waals surface area contributed by atoms with E-state index in [0.29, 0.717) is 25.5 Å². The van der Waals surface area contributed by atoms with Gasteiger partial charge >= 0.3 is 6.03 Å². The SMILES string of the molecule is COc1cc(N2CCN(C(=O)NCc3ccccc3)CC2)ccc1-n1cnc(C)n1. The molecule has 0 bridgehead atoms. The monoisotopic (exact) mass is 406 g/mol. The molecule has 1 N–H and O–H groups in total. The second-order valence-electron chi connectivity index (χ2n) is 7.21. The summed E-state index contributed by atoms with van der Waals surface area (Å²) in [6.07, 6.45) is 1.68. The van der Waals surface area contributed by atoms with Crippen molar-refractivity contribution < 1.29 is 9.53 Å². The van der Waals surface area contributed by atoms with Crippen molar-refractivity contribution in [2.24, 2.45) is 0 Å². The lowest BCUT2D eigenvalue weighted by Gasteiger charge is -2.36. The summed E-state index contributed by atoms with van der Waals surface area (Å²) < 4.78 is 7.30. The zero-order chi connectivity index (χ0) is 20.9. The number of methoxy groups -OCH3 is 1. The smallest absolute Gasteiger partial charge is 0.317 e. The second kappa shape index (κ2) is 8.86. The van der Waals surface area contributed by atoms with E-state index in [2.05, 4.69) is 26.4 Å². The number of carbonyl (C=O) groups excluding carboxylic acids is 1. The number of urea groups is 1. The van der Waals surface area contributed by atoms with Crippen LogP contribution in [0.5, 0.6) is 5.75 Å². The lowest BCUT2D eigenvalue weighted by Crippen LogP contribution is -2.51. The highest BCUT2D eigenvalue weighted by atomic mass is 16.5. The maximum atomic E-state index is 12.5. The van der Waals surface area contributed by atoms with Crippen molar-refractivity contribution in [1.29, 1.82) is 0 Å². The molecule has 2 amide bonds. The van der Waals surface area contributed by atoms with E-state index >= 15 is 0 Å². The van der Waals surface area contributed by atoms with Gasteiger partial charge < -0.3 is 19.9 Å². The first-order chi connectivity index (χ1) is 14.6. The van der Waals surface area contributed by atoms with Crippen LogP contribution in [-0.2, 0) is 6.54 Å². The van der Waals surface area contributed by atoms with Crippen LogP contribution in [0.15, 0.2) is 54.9 Å². The second-order valence-corrected chi connectivity index (χ2v) is 7.21. The number of amides is 2. The highest BCUT2D eigenvalue weighted by molar-refractivity contribution is 5.74. The third-order valence-corrected chi connectivity index (χ3v) is 5.24. The van der Waals surface area contributed by atoms with Crippen molar-refractivity contribution in [1.82, 2.24) is 25.0 Å². The fourth-order valence-corrected chi connectivity index (χ4v) is 3.57. The van der Waals surface area contributed by atoms with Gasteiger partial charge in [-0.15, -0.1) is 0 Å². The molecule has 4 rings (SSSR count). The number of carbonyl (C=O) groups is 1. The molecular weight excluding hydrogens is 380 g/mol. The van der Waals surface area contributed by atoms with Crippen LogP contribution in [0, 0.1) is 6.92 Å². The number of benzene rings is 2. The Morgan fingerprint density at radius 2 is 1.87 bits per heavy atom. The molecule has 156 valence electrons. The van der Waals surface area contributed by atoms with Crippen molar-refractivity contribution in [2.75, 3.05) is 38.2 Å². The average Bonchev–Trinajstić information content (AvgIpc) is 3.24. The first-order valence-corrected chi connectivity index (χ1v) is 10.0. The van der Waals surface area contributed by atoms with Crippen molar-refractivity contribution in [3.8, 4) is 11.4 Å². The normalized spacial score (nSPS) is 13.9. The number of rotatable bonds is 5. The summed E-state index contributed by atoms with van der Waals surface area (Å²) in [6.45, 7) is 5.28. The Balaban J connectivity index is 1.36. The van der Waals surface area contributed by atoms with Crippen molar-refractivity contribution >= 4 is 11.7 Å². The summed E-state index contributed by atoms with van der Waals surface area (Å²) in [4.78, 5) is 20.8. The molecule has 30 heavy (non-hydrogen) atoms. The summed E-state index contributed by atoms with van der Waals surface area (Å²) in [6, 6.07) is 16.0. The number of nitrogens with zero attached hydrogens (tertiary/aromatic N) is 5. The zero-order valence-corrected chi connectivity index (χ0v) is 17.3. The van der Waals surface area contributed by atoms with Crippen LogP contribution in [0.2, 0.25) is 0 Å². The Labute approximate surface area is 176 Å². The van der Waals surface area contributed by atoms with Crippen LogP contribution in [-0.4, -0.2) is 59.0 Å². The summed E-state index contributed by atoms with van der Waals surface area (Å²) >= 11 is 0. The predicted octanol–water partition coefficient (Wildman–Crippen LogP) is 2.62. The van der Waals surface area contributed by atoms with Gasteiger partial charge in [0.05, 0.1) is 7.11 Å². The van der Waals surface area contributed by atoms with E-state index in [1.54, 1.807) is 18.1 Å². The lowest BCUT2D eigenvalue weighted by atomic mass is 10.2. The minimum atomic E-state index is -0.0204. The van der Waals surface area contributed by atoms with Crippen LogP contribution in [0.1, 0.15) is 11.4 Å². The van der Waals surface area contributed by atoms with Gasteiger partial charge in [0.15, 0.2) is 0 Å². The highest BCUT2D eigenvalue weighted by Crippen LogP contribution is 2.28. The Hall–Kier alpha value is -3.55. The number of piperazine rings is 1. The summed E-state index contributed by atoms with van der Waals surface area (Å²) in [5.74, 6) is 1.45. The Bertz CT molecular complexity index is 996. The summed E-state index contributed by atoms with van der Waals surface area (Å²) in [7, 11) is 1.65. The first kappa shape index (κ1) is 19.8. The van der Waals surface area contributed by atoms with Crippen LogP contribution in [0.25, 0.3) is 5.69 Å². The number of aromatic nitrogens is 3. The molecule has 1 saturated heterocycles. The Kier molecular flexibility index (Phi) is 5.83. The van der Waals surface area contributed by atoms with Gasteiger partial charge in [0, 0.05) is 44.5 Å². The van der Waals surface area contributed by atoms with Gasteiger partial charge in [-0.05, 0) is 24.6 Å². The third-order valence-electron chi connectivity index (χ3n) is 5.24. The molecule has 8 nitrogen and oxygen atoms in total. The minimum absolute atomic E-state index is 0.0204. The fraction of sp³-hybridized carbons (Fsp3) is 0.318.